The molecule has 122 valence electrons. The molecule has 0 radical (unpaired) electrons. The molecule has 0 fully saturated rings. The highest BCUT2D eigenvalue weighted by atomic mass is 32.2. The van der Waals surface area contributed by atoms with Crippen molar-refractivity contribution in [2.75, 3.05) is 19.1 Å². The molecule has 6 heteroatoms. The number of rotatable bonds is 9. The van der Waals surface area contributed by atoms with Crippen LogP contribution in [0.15, 0.2) is 0 Å². The lowest BCUT2D eigenvalue weighted by Crippen LogP contribution is -2.18. The molecule has 1 aromatic rings. The number of aromatic nitrogens is 2. The highest BCUT2D eigenvalue weighted by Gasteiger charge is 2.21. The van der Waals surface area contributed by atoms with Gasteiger partial charge in [-0.2, -0.15) is 5.10 Å². The fraction of sp³-hybridized carbons (Fsp3) is 0.800. The van der Waals surface area contributed by atoms with Gasteiger partial charge < -0.3 is 5.32 Å². The summed E-state index contributed by atoms with van der Waals surface area (Å²) in [6.45, 7) is 7.09. The number of hydrogen-bond acceptors (Lipinski definition) is 4. The molecular weight excluding hydrogens is 286 g/mol. The molecule has 0 bridgehead atoms. The number of aryl methyl sites for hydroxylation is 2. The van der Waals surface area contributed by atoms with E-state index in [1.54, 1.807) is 0 Å². The Morgan fingerprint density at radius 2 is 1.90 bits per heavy atom. The van der Waals surface area contributed by atoms with Gasteiger partial charge in [0.05, 0.1) is 11.4 Å². The highest BCUT2D eigenvalue weighted by Crippen LogP contribution is 2.26. The molecular formula is C15H29N3O2S. The van der Waals surface area contributed by atoms with Gasteiger partial charge in [0.2, 0.25) is 0 Å². The first-order chi connectivity index (χ1) is 9.87. The second-order valence-corrected chi connectivity index (χ2v) is 7.73. The van der Waals surface area contributed by atoms with Crippen LogP contribution in [-0.2, 0) is 29.2 Å². The molecule has 0 spiro atoms. The molecule has 1 rings (SSSR count). The standard InChI is InChI=1S/C15H29N3O2S/c1-6-12(16-4)15-13(7-2)17-18(14(15)8-3)10-9-11-21(5,19)20/h12,16H,6-11H2,1-5H3. The first-order valence-electron chi connectivity index (χ1n) is 7.81. The van der Waals surface area contributed by atoms with E-state index in [9.17, 15) is 8.42 Å². The predicted molar refractivity (Wildman–Crippen MR) is 87.4 cm³/mol. The summed E-state index contributed by atoms with van der Waals surface area (Å²) >= 11 is 0. The average Bonchev–Trinajstić information content (AvgIpc) is 2.77. The zero-order valence-electron chi connectivity index (χ0n) is 13.9. The summed E-state index contributed by atoms with van der Waals surface area (Å²) in [6.07, 6.45) is 4.74. The molecule has 0 aromatic carbocycles. The first-order valence-corrected chi connectivity index (χ1v) is 9.87. The van der Waals surface area contributed by atoms with Crippen LogP contribution in [0.25, 0.3) is 0 Å². The van der Waals surface area contributed by atoms with E-state index in [1.165, 1.54) is 17.5 Å². The van der Waals surface area contributed by atoms with Crippen molar-refractivity contribution in [2.24, 2.45) is 0 Å². The van der Waals surface area contributed by atoms with Crippen molar-refractivity contribution in [1.82, 2.24) is 15.1 Å². The number of hydrogen-bond donors (Lipinski definition) is 1. The van der Waals surface area contributed by atoms with Gasteiger partial charge in [-0.15, -0.1) is 0 Å². The van der Waals surface area contributed by atoms with Crippen molar-refractivity contribution in [1.29, 1.82) is 0 Å². The van der Waals surface area contributed by atoms with E-state index in [4.69, 9.17) is 5.10 Å². The molecule has 1 aromatic heterocycles. The Hall–Kier alpha value is -0.880. The van der Waals surface area contributed by atoms with E-state index in [0.717, 1.165) is 25.0 Å². The minimum Gasteiger partial charge on any atom is -0.313 e. The Balaban J connectivity index is 3.05. The Morgan fingerprint density at radius 1 is 1.24 bits per heavy atom. The molecule has 0 aliphatic rings. The van der Waals surface area contributed by atoms with Crippen molar-refractivity contribution < 1.29 is 8.42 Å². The van der Waals surface area contributed by atoms with E-state index in [-0.39, 0.29) is 5.75 Å². The van der Waals surface area contributed by atoms with Crippen LogP contribution in [0.3, 0.4) is 0 Å². The monoisotopic (exact) mass is 315 g/mol. The Bertz CT molecular complexity index is 546. The molecule has 0 aliphatic carbocycles. The van der Waals surface area contributed by atoms with Crippen LogP contribution in [0.4, 0.5) is 0 Å². The third kappa shape index (κ3) is 4.81. The predicted octanol–water partition coefficient (Wildman–Crippen LogP) is 2.11. The summed E-state index contributed by atoms with van der Waals surface area (Å²) in [5.41, 5.74) is 3.68. The lowest BCUT2D eigenvalue weighted by Gasteiger charge is -2.16. The maximum Gasteiger partial charge on any atom is 0.147 e. The van der Waals surface area contributed by atoms with E-state index in [1.807, 2.05) is 11.7 Å². The average molecular weight is 315 g/mol. The van der Waals surface area contributed by atoms with E-state index >= 15 is 0 Å². The maximum atomic E-state index is 11.3. The van der Waals surface area contributed by atoms with Crippen LogP contribution in [0.2, 0.25) is 0 Å². The third-order valence-electron chi connectivity index (χ3n) is 3.83. The normalized spacial score (nSPS) is 13.6. The zero-order chi connectivity index (χ0) is 16.0. The molecule has 0 aliphatic heterocycles. The van der Waals surface area contributed by atoms with Crippen molar-refractivity contribution >= 4 is 9.84 Å². The summed E-state index contributed by atoms with van der Waals surface area (Å²) in [7, 11) is -0.922. The lowest BCUT2D eigenvalue weighted by atomic mass is 9.99. The highest BCUT2D eigenvalue weighted by molar-refractivity contribution is 7.90. The van der Waals surface area contributed by atoms with Gasteiger partial charge in [0.25, 0.3) is 0 Å². The van der Waals surface area contributed by atoms with Gasteiger partial charge in [-0.1, -0.05) is 20.8 Å². The second-order valence-electron chi connectivity index (χ2n) is 5.47. The topological polar surface area (TPSA) is 64.0 Å². The van der Waals surface area contributed by atoms with Gasteiger partial charge in [0.15, 0.2) is 0 Å². The Kier molecular flexibility index (Phi) is 6.87. The number of nitrogens with zero attached hydrogens (tertiary/aromatic N) is 2. The maximum absolute atomic E-state index is 11.3. The summed E-state index contributed by atoms with van der Waals surface area (Å²) in [6, 6.07) is 0.318. The van der Waals surface area contributed by atoms with E-state index in [2.05, 4.69) is 26.1 Å². The molecule has 1 heterocycles. The molecule has 1 N–H and O–H groups in total. The van der Waals surface area contributed by atoms with E-state index in [0.29, 0.717) is 19.0 Å². The lowest BCUT2D eigenvalue weighted by molar-refractivity contribution is 0.547. The van der Waals surface area contributed by atoms with Crippen molar-refractivity contribution in [3.63, 3.8) is 0 Å². The van der Waals surface area contributed by atoms with Gasteiger partial charge >= 0.3 is 0 Å². The van der Waals surface area contributed by atoms with Crippen LogP contribution in [0.5, 0.6) is 0 Å². The van der Waals surface area contributed by atoms with Crippen molar-refractivity contribution in [3.05, 3.63) is 17.0 Å². The number of nitrogens with one attached hydrogen (secondary N) is 1. The van der Waals surface area contributed by atoms with E-state index < -0.39 is 9.84 Å². The molecule has 0 saturated heterocycles. The molecule has 1 atom stereocenters. The van der Waals surface area contributed by atoms with Crippen LogP contribution in [0, 0.1) is 0 Å². The second kappa shape index (κ2) is 7.94. The summed E-state index contributed by atoms with van der Waals surface area (Å²) in [5, 5.41) is 8.08. The fourth-order valence-corrected chi connectivity index (χ4v) is 3.47. The fourth-order valence-electron chi connectivity index (χ4n) is 2.82. The molecule has 0 saturated carbocycles. The van der Waals surface area contributed by atoms with Gasteiger partial charge in [0.1, 0.15) is 9.84 Å². The number of sulfone groups is 1. The molecule has 5 nitrogen and oxygen atoms in total. The molecule has 21 heavy (non-hydrogen) atoms. The minimum atomic E-state index is -2.90. The van der Waals surface area contributed by atoms with Crippen molar-refractivity contribution in [3.8, 4) is 0 Å². The van der Waals surface area contributed by atoms with Crippen LogP contribution in [-0.4, -0.2) is 37.3 Å². The summed E-state index contributed by atoms with van der Waals surface area (Å²) in [5.74, 6) is 0.218. The van der Waals surface area contributed by atoms with Crippen molar-refractivity contribution in [2.45, 2.75) is 59.0 Å². The van der Waals surface area contributed by atoms with Crippen LogP contribution in [0.1, 0.15) is 56.6 Å². The molecule has 1 unspecified atom stereocenters. The third-order valence-corrected chi connectivity index (χ3v) is 4.87. The first kappa shape index (κ1) is 18.2. The quantitative estimate of drug-likeness (QED) is 0.758. The van der Waals surface area contributed by atoms with Gasteiger partial charge in [-0.05, 0) is 32.7 Å². The smallest absolute Gasteiger partial charge is 0.147 e. The van der Waals surface area contributed by atoms with Gasteiger partial charge in [-0.3, -0.25) is 4.68 Å². The Labute approximate surface area is 129 Å². The van der Waals surface area contributed by atoms with Gasteiger partial charge in [0, 0.05) is 30.1 Å². The zero-order valence-corrected chi connectivity index (χ0v) is 14.8. The Morgan fingerprint density at radius 3 is 2.33 bits per heavy atom. The summed E-state index contributed by atoms with van der Waals surface area (Å²) in [4.78, 5) is 0. The molecule has 0 amide bonds. The summed E-state index contributed by atoms with van der Waals surface area (Å²) < 4.78 is 24.5. The van der Waals surface area contributed by atoms with Gasteiger partial charge in [-0.25, -0.2) is 8.42 Å². The van der Waals surface area contributed by atoms with Crippen LogP contribution < -0.4 is 5.32 Å². The van der Waals surface area contributed by atoms with Crippen LogP contribution >= 0.6 is 0 Å². The SMILES string of the molecule is CCc1nn(CCCS(C)(=O)=O)c(CC)c1C(CC)NC. The largest absolute Gasteiger partial charge is 0.313 e. The minimum absolute atomic E-state index is 0.218.